The molecular weight excluding hydrogens is 341 g/mol. The summed E-state index contributed by atoms with van der Waals surface area (Å²) in [6.45, 7) is 4.04. The van der Waals surface area contributed by atoms with Gasteiger partial charge in [0, 0.05) is 0 Å². The van der Waals surface area contributed by atoms with Crippen LogP contribution in [-0.2, 0) is 17.1 Å². The molecule has 25 heavy (non-hydrogen) atoms. The highest BCUT2D eigenvalue weighted by molar-refractivity contribution is 7.97. The van der Waals surface area contributed by atoms with E-state index in [9.17, 15) is 13.2 Å². The van der Waals surface area contributed by atoms with Crippen LogP contribution < -0.4 is 0 Å². The lowest BCUT2D eigenvalue weighted by Crippen LogP contribution is -2.08. The fraction of sp³-hybridized carbons (Fsp3) is 0.143. The third-order valence-electron chi connectivity index (χ3n) is 3.93. The van der Waals surface area contributed by atoms with Crippen LogP contribution in [-0.4, -0.2) is 0 Å². The molecule has 0 saturated heterocycles. The van der Waals surface area contributed by atoms with E-state index in [2.05, 4.69) is 24.3 Å². The van der Waals surface area contributed by atoms with Crippen molar-refractivity contribution in [3.8, 4) is 0 Å². The molecule has 0 heterocycles. The predicted molar refractivity (Wildman–Crippen MR) is 96.0 cm³/mol. The van der Waals surface area contributed by atoms with E-state index in [-0.39, 0.29) is 0 Å². The molecule has 0 aliphatic heterocycles. The number of hydrogen-bond donors (Lipinski definition) is 0. The zero-order chi connectivity index (χ0) is 18.0. The van der Waals surface area contributed by atoms with E-state index >= 15 is 0 Å². The minimum atomic E-state index is -4.31. The summed E-state index contributed by atoms with van der Waals surface area (Å²) in [6.07, 6.45) is -4.31. The summed E-state index contributed by atoms with van der Waals surface area (Å²) in [4.78, 5) is 3.06. The van der Waals surface area contributed by atoms with Crippen molar-refractivity contribution in [2.45, 2.75) is 34.7 Å². The first-order chi connectivity index (χ1) is 11.8. The van der Waals surface area contributed by atoms with E-state index < -0.39 is 22.6 Å². The highest BCUT2D eigenvalue weighted by Crippen LogP contribution is 2.34. The highest BCUT2D eigenvalue weighted by atomic mass is 32.2. The fourth-order valence-electron chi connectivity index (χ4n) is 2.54. The zero-order valence-electron chi connectivity index (χ0n) is 14.0. The van der Waals surface area contributed by atoms with Gasteiger partial charge in [0.25, 0.3) is 0 Å². The number of rotatable bonds is 3. The van der Waals surface area contributed by atoms with Gasteiger partial charge in [-0.15, -0.1) is 0 Å². The Kier molecular flexibility index (Phi) is 4.91. The van der Waals surface area contributed by atoms with Gasteiger partial charge in [0.1, 0.15) is 0 Å². The van der Waals surface area contributed by atoms with Crippen LogP contribution in [0, 0.1) is 13.8 Å². The van der Waals surface area contributed by atoms with Gasteiger partial charge in [-0.2, -0.15) is 13.2 Å². The standard InChI is InChI=1S/C21H18F3S/c1-15-3-9-18(10-4-15)25(19-11-5-16(2)6-12-19)20-13-7-17(8-14-20)21(22,23)24/h3-14H,1-2H3/q+1. The van der Waals surface area contributed by atoms with Crippen LogP contribution in [0.25, 0.3) is 0 Å². The van der Waals surface area contributed by atoms with Crippen molar-refractivity contribution < 1.29 is 13.2 Å². The van der Waals surface area contributed by atoms with Crippen LogP contribution in [0.15, 0.2) is 87.5 Å². The van der Waals surface area contributed by atoms with E-state index in [1.165, 1.54) is 0 Å². The molecule has 0 nitrogen and oxygen atoms in total. The average Bonchev–Trinajstić information content (AvgIpc) is 2.58. The first-order valence-corrected chi connectivity index (χ1v) is 9.12. The molecule has 0 spiro atoms. The van der Waals surface area contributed by atoms with E-state index in [0.717, 1.165) is 37.9 Å². The van der Waals surface area contributed by atoms with Crippen molar-refractivity contribution in [1.82, 2.24) is 0 Å². The molecule has 0 unspecified atom stereocenters. The second-order valence-electron chi connectivity index (χ2n) is 5.95. The molecule has 3 aromatic carbocycles. The quantitative estimate of drug-likeness (QED) is 0.474. The van der Waals surface area contributed by atoms with Gasteiger partial charge in [-0.3, -0.25) is 0 Å². The topological polar surface area (TPSA) is 0 Å². The molecule has 0 aliphatic rings. The molecule has 128 valence electrons. The maximum Gasteiger partial charge on any atom is 0.416 e. The zero-order valence-corrected chi connectivity index (χ0v) is 14.8. The van der Waals surface area contributed by atoms with Crippen molar-refractivity contribution in [2.24, 2.45) is 0 Å². The second-order valence-corrected chi connectivity index (χ2v) is 7.98. The van der Waals surface area contributed by atoms with Crippen LogP contribution in [0.1, 0.15) is 16.7 Å². The van der Waals surface area contributed by atoms with Crippen molar-refractivity contribution in [1.29, 1.82) is 0 Å². The third-order valence-corrected chi connectivity index (χ3v) is 6.16. The van der Waals surface area contributed by atoms with Crippen molar-refractivity contribution in [3.63, 3.8) is 0 Å². The molecule has 0 N–H and O–H groups in total. The molecule has 0 aromatic heterocycles. The average molecular weight is 359 g/mol. The lowest BCUT2D eigenvalue weighted by molar-refractivity contribution is -0.137. The van der Waals surface area contributed by atoms with Crippen molar-refractivity contribution >= 4 is 10.9 Å². The maximum atomic E-state index is 12.9. The Labute approximate surface area is 148 Å². The molecule has 0 radical (unpaired) electrons. The third kappa shape index (κ3) is 4.07. The molecule has 0 bridgehead atoms. The van der Waals surface area contributed by atoms with Gasteiger partial charge < -0.3 is 0 Å². The lowest BCUT2D eigenvalue weighted by atomic mass is 10.2. The Morgan fingerprint density at radius 3 is 1.20 bits per heavy atom. The molecule has 4 heteroatoms. The Morgan fingerprint density at radius 2 is 0.880 bits per heavy atom. The largest absolute Gasteiger partial charge is 0.416 e. The summed E-state index contributed by atoms with van der Waals surface area (Å²) in [6, 6.07) is 21.9. The van der Waals surface area contributed by atoms with Crippen LogP contribution in [0.5, 0.6) is 0 Å². The van der Waals surface area contributed by atoms with E-state index in [1.54, 1.807) is 12.1 Å². The molecule has 0 aliphatic carbocycles. The monoisotopic (exact) mass is 359 g/mol. The first-order valence-electron chi connectivity index (χ1n) is 7.89. The van der Waals surface area contributed by atoms with Crippen LogP contribution in [0.3, 0.4) is 0 Å². The summed E-state index contributed by atoms with van der Waals surface area (Å²) in [5.74, 6) is 0. The van der Waals surface area contributed by atoms with E-state index in [1.807, 2.05) is 38.1 Å². The molecule has 0 atom stereocenters. The Bertz CT molecular complexity index is 787. The number of hydrogen-bond acceptors (Lipinski definition) is 0. The molecule has 0 amide bonds. The Balaban J connectivity index is 2.07. The Hall–Kier alpha value is -2.20. The summed E-state index contributed by atoms with van der Waals surface area (Å²) in [5.41, 5.74) is 1.69. The van der Waals surface area contributed by atoms with Gasteiger partial charge in [0.15, 0.2) is 14.7 Å². The van der Waals surface area contributed by atoms with Crippen LogP contribution in [0.4, 0.5) is 13.2 Å². The fourth-order valence-corrected chi connectivity index (χ4v) is 4.58. The number of benzene rings is 3. The smallest absolute Gasteiger partial charge is 0.166 e. The summed E-state index contributed by atoms with van der Waals surface area (Å²) in [5, 5.41) is 0. The normalized spacial score (nSPS) is 11.8. The number of alkyl halides is 3. The summed E-state index contributed by atoms with van der Waals surface area (Å²) < 4.78 is 38.6. The van der Waals surface area contributed by atoms with Gasteiger partial charge in [0.2, 0.25) is 0 Å². The summed E-state index contributed by atoms with van der Waals surface area (Å²) >= 11 is 0. The van der Waals surface area contributed by atoms with Gasteiger partial charge in [-0.1, -0.05) is 35.4 Å². The minimum absolute atomic E-state index is 0.434. The Morgan fingerprint density at radius 1 is 0.560 bits per heavy atom. The lowest BCUT2D eigenvalue weighted by Gasteiger charge is -2.10. The van der Waals surface area contributed by atoms with Crippen molar-refractivity contribution in [3.05, 3.63) is 89.5 Å². The first kappa shape index (κ1) is 17.6. The highest BCUT2D eigenvalue weighted by Gasteiger charge is 2.33. The van der Waals surface area contributed by atoms with Gasteiger partial charge in [0.05, 0.1) is 16.5 Å². The van der Waals surface area contributed by atoms with Gasteiger partial charge >= 0.3 is 6.18 Å². The number of aryl methyl sites for hydroxylation is 2. The van der Waals surface area contributed by atoms with Crippen molar-refractivity contribution in [2.75, 3.05) is 0 Å². The van der Waals surface area contributed by atoms with E-state index in [4.69, 9.17) is 0 Å². The number of halogens is 3. The predicted octanol–water partition coefficient (Wildman–Crippen LogP) is 6.42. The van der Waals surface area contributed by atoms with E-state index in [0.29, 0.717) is 0 Å². The minimum Gasteiger partial charge on any atom is -0.166 e. The SMILES string of the molecule is Cc1ccc([S+](c2ccc(C)cc2)c2ccc(C(F)(F)F)cc2)cc1. The van der Waals surface area contributed by atoms with Gasteiger partial charge in [-0.05, 0) is 62.4 Å². The van der Waals surface area contributed by atoms with Gasteiger partial charge in [-0.25, -0.2) is 0 Å². The molecule has 0 saturated carbocycles. The van der Waals surface area contributed by atoms with Crippen LogP contribution >= 0.6 is 0 Å². The second kappa shape index (κ2) is 6.96. The maximum absolute atomic E-state index is 12.9. The molecule has 3 aromatic rings. The molecular formula is C21H18F3S+. The molecule has 0 fully saturated rings. The summed E-state index contributed by atoms with van der Waals surface area (Å²) in [7, 11) is -0.434. The van der Waals surface area contributed by atoms with Crippen LogP contribution in [0.2, 0.25) is 0 Å². The molecule has 3 rings (SSSR count).